The predicted octanol–water partition coefficient (Wildman–Crippen LogP) is 0.827. The zero-order valence-corrected chi connectivity index (χ0v) is 14.4. The summed E-state index contributed by atoms with van der Waals surface area (Å²) < 4.78 is 10.4. The van der Waals surface area contributed by atoms with E-state index in [0.29, 0.717) is 25.5 Å². The smallest absolute Gasteiger partial charge is 0.291 e. The first kappa shape index (κ1) is 18.0. The number of furan rings is 1. The highest BCUT2D eigenvalue weighted by molar-refractivity contribution is 6.04. The Kier molecular flexibility index (Phi) is 6.24. The van der Waals surface area contributed by atoms with Crippen molar-refractivity contribution in [2.75, 3.05) is 39.4 Å². The number of carbonyl (C=O) groups excluding carboxylic acids is 2. The number of carbonyl (C=O) groups is 2. The topological polar surface area (TPSA) is 99.6 Å². The Hall–Kier alpha value is -2.84. The second-order valence-corrected chi connectivity index (χ2v) is 5.82. The van der Waals surface area contributed by atoms with Gasteiger partial charge in [0.2, 0.25) is 0 Å². The van der Waals surface area contributed by atoms with E-state index >= 15 is 0 Å². The van der Waals surface area contributed by atoms with E-state index in [1.54, 1.807) is 24.4 Å². The average Bonchev–Trinajstić information content (AvgIpc) is 3.36. The Labute approximate surface area is 151 Å². The van der Waals surface area contributed by atoms with Gasteiger partial charge in [-0.3, -0.25) is 14.5 Å². The van der Waals surface area contributed by atoms with E-state index in [9.17, 15) is 9.59 Å². The molecule has 1 saturated heterocycles. The van der Waals surface area contributed by atoms with Crippen LogP contribution in [-0.4, -0.2) is 61.1 Å². The van der Waals surface area contributed by atoms with Gasteiger partial charge < -0.3 is 24.8 Å². The first-order chi connectivity index (χ1) is 12.7. The molecule has 8 heteroatoms. The van der Waals surface area contributed by atoms with Gasteiger partial charge in [-0.2, -0.15) is 0 Å². The number of aromatic amines is 1. The summed E-state index contributed by atoms with van der Waals surface area (Å²) in [6, 6.07) is 6.78. The number of nitrogens with zero attached hydrogens (tertiary/aromatic N) is 1. The molecule has 3 N–H and O–H groups in total. The van der Waals surface area contributed by atoms with Gasteiger partial charge in [0.1, 0.15) is 5.70 Å². The number of morpholine rings is 1. The Morgan fingerprint density at radius 1 is 1.23 bits per heavy atom. The molecule has 3 heterocycles. The third-order valence-electron chi connectivity index (χ3n) is 3.98. The molecule has 3 rings (SSSR count). The van der Waals surface area contributed by atoms with Gasteiger partial charge in [-0.1, -0.05) is 0 Å². The van der Waals surface area contributed by atoms with Crippen molar-refractivity contribution in [3.05, 3.63) is 53.9 Å². The quantitative estimate of drug-likeness (QED) is 0.637. The Morgan fingerprint density at radius 2 is 2.08 bits per heavy atom. The van der Waals surface area contributed by atoms with Crippen LogP contribution < -0.4 is 10.6 Å². The zero-order valence-electron chi connectivity index (χ0n) is 14.4. The first-order valence-corrected chi connectivity index (χ1v) is 8.50. The van der Waals surface area contributed by atoms with E-state index in [4.69, 9.17) is 9.15 Å². The number of hydrogen-bond acceptors (Lipinski definition) is 5. The molecule has 8 nitrogen and oxygen atoms in total. The van der Waals surface area contributed by atoms with Crippen molar-refractivity contribution in [3.63, 3.8) is 0 Å². The van der Waals surface area contributed by atoms with Gasteiger partial charge in [0.05, 0.1) is 19.5 Å². The van der Waals surface area contributed by atoms with E-state index in [1.165, 1.54) is 12.3 Å². The number of ether oxygens (including phenoxy) is 1. The molecule has 0 saturated carbocycles. The Morgan fingerprint density at radius 3 is 2.77 bits per heavy atom. The molecule has 0 aliphatic carbocycles. The highest BCUT2D eigenvalue weighted by Crippen LogP contribution is 2.06. The van der Waals surface area contributed by atoms with Crippen LogP contribution in [-0.2, 0) is 9.53 Å². The molecule has 0 aromatic carbocycles. The SMILES string of the molecule is O=C(NCCN1CCOCC1)/C(=C/c1ccc[nH]1)NC(=O)c1ccco1. The van der Waals surface area contributed by atoms with Crippen LogP contribution in [0.3, 0.4) is 0 Å². The maximum atomic E-state index is 12.5. The molecule has 0 bridgehead atoms. The molecule has 2 aromatic heterocycles. The highest BCUT2D eigenvalue weighted by Gasteiger charge is 2.17. The third kappa shape index (κ3) is 5.08. The lowest BCUT2D eigenvalue weighted by Crippen LogP contribution is -2.42. The fourth-order valence-corrected chi connectivity index (χ4v) is 2.59. The largest absolute Gasteiger partial charge is 0.459 e. The van der Waals surface area contributed by atoms with Gasteiger partial charge in [0.15, 0.2) is 5.76 Å². The van der Waals surface area contributed by atoms with E-state index in [0.717, 1.165) is 19.6 Å². The molecule has 1 aliphatic heterocycles. The van der Waals surface area contributed by atoms with Crippen molar-refractivity contribution in [1.29, 1.82) is 0 Å². The van der Waals surface area contributed by atoms with Crippen LogP contribution in [0.5, 0.6) is 0 Å². The van der Waals surface area contributed by atoms with Crippen LogP contribution in [0.1, 0.15) is 16.2 Å². The van der Waals surface area contributed by atoms with Crippen molar-refractivity contribution in [1.82, 2.24) is 20.5 Å². The normalized spacial score (nSPS) is 15.6. The standard InChI is InChI=1S/C18H22N4O4/c23-17(20-6-7-22-8-11-25-12-9-22)15(13-14-3-1-5-19-14)21-18(24)16-4-2-10-26-16/h1-5,10,13,19H,6-9,11-12H2,(H,20,23)(H,21,24)/b15-13-. The van der Waals surface area contributed by atoms with Crippen molar-refractivity contribution in [3.8, 4) is 0 Å². The summed E-state index contributed by atoms with van der Waals surface area (Å²) in [7, 11) is 0. The van der Waals surface area contributed by atoms with Gasteiger partial charge in [-0.15, -0.1) is 0 Å². The van der Waals surface area contributed by atoms with E-state index < -0.39 is 5.91 Å². The van der Waals surface area contributed by atoms with Gasteiger partial charge in [0.25, 0.3) is 11.8 Å². The van der Waals surface area contributed by atoms with Crippen molar-refractivity contribution in [2.45, 2.75) is 0 Å². The predicted molar refractivity (Wildman–Crippen MR) is 95.2 cm³/mol. The van der Waals surface area contributed by atoms with Gasteiger partial charge in [0, 0.05) is 38.1 Å². The fourth-order valence-electron chi connectivity index (χ4n) is 2.59. The van der Waals surface area contributed by atoms with Gasteiger partial charge in [-0.25, -0.2) is 0 Å². The number of aromatic nitrogens is 1. The van der Waals surface area contributed by atoms with Crippen LogP contribution in [0.4, 0.5) is 0 Å². The van der Waals surface area contributed by atoms with E-state index in [-0.39, 0.29) is 17.4 Å². The minimum Gasteiger partial charge on any atom is -0.459 e. The van der Waals surface area contributed by atoms with Gasteiger partial charge in [-0.05, 0) is 30.3 Å². The van der Waals surface area contributed by atoms with Crippen LogP contribution in [0, 0.1) is 0 Å². The van der Waals surface area contributed by atoms with Crippen LogP contribution >= 0.6 is 0 Å². The Balaban J connectivity index is 1.60. The van der Waals surface area contributed by atoms with Crippen molar-refractivity contribution >= 4 is 17.9 Å². The average molecular weight is 358 g/mol. The second kappa shape index (κ2) is 9.02. The molecular formula is C18H22N4O4. The van der Waals surface area contributed by atoms with Crippen molar-refractivity contribution in [2.24, 2.45) is 0 Å². The summed E-state index contributed by atoms with van der Waals surface area (Å²) in [6.45, 7) is 4.36. The maximum absolute atomic E-state index is 12.5. The van der Waals surface area contributed by atoms with Gasteiger partial charge >= 0.3 is 0 Å². The van der Waals surface area contributed by atoms with Crippen LogP contribution in [0.2, 0.25) is 0 Å². The molecule has 1 fully saturated rings. The summed E-state index contributed by atoms with van der Waals surface area (Å²) in [5.74, 6) is -0.688. The monoisotopic (exact) mass is 358 g/mol. The maximum Gasteiger partial charge on any atom is 0.291 e. The molecule has 0 atom stereocenters. The molecule has 0 unspecified atom stereocenters. The van der Waals surface area contributed by atoms with Crippen molar-refractivity contribution < 1.29 is 18.7 Å². The lowest BCUT2D eigenvalue weighted by atomic mass is 10.3. The summed E-state index contributed by atoms with van der Waals surface area (Å²) in [5.41, 5.74) is 0.860. The lowest BCUT2D eigenvalue weighted by Gasteiger charge is -2.26. The summed E-state index contributed by atoms with van der Waals surface area (Å²) >= 11 is 0. The van der Waals surface area contributed by atoms with Crippen LogP contribution in [0.15, 0.2) is 46.8 Å². The highest BCUT2D eigenvalue weighted by atomic mass is 16.5. The molecule has 138 valence electrons. The molecule has 2 aromatic rings. The molecular weight excluding hydrogens is 336 g/mol. The molecule has 0 spiro atoms. The number of nitrogens with one attached hydrogen (secondary N) is 3. The minimum absolute atomic E-state index is 0.142. The summed E-state index contributed by atoms with van der Waals surface area (Å²) in [4.78, 5) is 30.0. The summed E-state index contributed by atoms with van der Waals surface area (Å²) in [5, 5.41) is 5.45. The minimum atomic E-state index is -0.476. The number of H-pyrrole nitrogens is 1. The molecule has 2 amide bonds. The molecule has 1 aliphatic rings. The second-order valence-electron chi connectivity index (χ2n) is 5.82. The number of rotatable bonds is 7. The van der Waals surface area contributed by atoms with E-state index in [1.807, 2.05) is 6.07 Å². The molecule has 0 radical (unpaired) electrons. The Bertz CT molecular complexity index is 731. The molecule has 26 heavy (non-hydrogen) atoms. The fraction of sp³-hybridized carbons (Fsp3) is 0.333. The number of hydrogen-bond donors (Lipinski definition) is 3. The third-order valence-corrected chi connectivity index (χ3v) is 3.98. The van der Waals surface area contributed by atoms with Crippen LogP contribution in [0.25, 0.3) is 6.08 Å². The van der Waals surface area contributed by atoms with E-state index in [2.05, 4.69) is 20.5 Å². The zero-order chi connectivity index (χ0) is 18.2. The summed E-state index contributed by atoms with van der Waals surface area (Å²) in [6.07, 6.45) is 4.74. The lowest BCUT2D eigenvalue weighted by molar-refractivity contribution is -0.117. The first-order valence-electron chi connectivity index (χ1n) is 8.50. The number of amides is 2.